The highest BCUT2D eigenvalue weighted by Gasteiger charge is 2.44. The van der Waals surface area contributed by atoms with Crippen LogP contribution in [-0.2, 0) is 14.4 Å². The first-order valence-corrected chi connectivity index (χ1v) is 9.23. The van der Waals surface area contributed by atoms with Crippen LogP contribution in [0.15, 0.2) is 36.5 Å². The van der Waals surface area contributed by atoms with E-state index in [2.05, 4.69) is 15.6 Å². The topological polar surface area (TPSA) is 135 Å². The largest absolute Gasteiger partial charge is 0.482 e. The Hall–Kier alpha value is -4.15. The number of ether oxygens (including phenoxy) is 1. The summed E-state index contributed by atoms with van der Waals surface area (Å²) in [6.07, 6.45) is 1.20. The average molecular weight is 426 g/mol. The number of halogens is 1. The zero-order valence-electron chi connectivity index (χ0n) is 15.9. The number of benzene rings is 1. The van der Waals surface area contributed by atoms with Crippen molar-refractivity contribution in [1.82, 2.24) is 15.2 Å². The number of nitrogens with zero attached hydrogens (tertiary/aromatic N) is 2. The molecular weight excluding hydrogens is 411 g/mol. The summed E-state index contributed by atoms with van der Waals surface area (Å²) in [5.41, 5.74) is 0.383. The molecule has 2 aromatic rings. The molecule has 0 bridgehead atoms. The molecule has 2 aliphatic heterocycles. The van der Waals surface area contributed by atoms with Gasteiger partial charge in [-0.2, -0.15) is 4.39 Å². The van der Waals surface area contributed by atoms with E-state index in [1.165, 1.54) is 24.3 Å². The number of pyridine rings is 1. The number of nitrogens with one attached hydrogen (secondary N) is 2. The van der Waals surface area contributed by atoms with Crippen LogP contribution in [0.3, 0.4) is 0 Å². The number of rotatable bonds is 5. The van der Waals surface area contributed by atoms with Crippen LogP contribution < -0.4 is 15.4 Å². The summed E-state index contributed by atoms with van der Waals surface area (Å²) >= 11 is 0. The lowest BCUT2D eigenvalue weighted by Gasteiger charge is -2.27. The standard InChI is InChI=1S/C20H15FN4O6/c21-15-5-2-11(8-22-15)31-9-17(27)23-10-1-3-12-13(7-10)20(30)25(19(12)29)14-4-6-16(26)24-18(14)28/h1-3,5,7-8,14H,4,6,9H2,(H,23,27)(H,24,26,28). The van der Waals surface area contributed by atoms with Gasteiger partial charge in [-0.15, -0.1) is 0 Å². The maximum atomic E-state index is 12.8. The minimum Gasteiger partial charge on any atom is -0.482 e. The Morgan fingerprint density at radius 1 is 1.16 bits per heavy atom. The molecule has 158 valence electrons. The van der Waals surface area contributed by atoms with Gasteiger partial charge in [0.15, 0.2) is 6.61 Å². The normalized spacial score (nSPS) is 18.0. The Bertz CT molecular complexity index is 1120. The van der Waals surface area contributed by atoms with Crippen molar-refractivity contribution in [1.29, 1.82) is 0 Å². The average Bonchev–Trinajstić information content (AvgIpc) is 2.98. The first-order valence-electron chi connectivity index (χ1n) is 9.23. The summed E-state index contributed by atoms with van der Waals surface area (Å²) in [6.45, 7) is -0.389. The predicted octanol–water partition coefficient (Wildman–Crippen LogP) is 0.639. The van der Waals surface area contributed by atoms with Gasteiger partial charge in [-0.3, -0.25) is 34.2 Å². The van der Waals surface area contributed by atoms with Crippen molar-refractivity contribution >= 4 is 35.2 Å². The Kier molecular flexibility index (Phi) is 5.15. The molecule has 2 aliphatic rings. The minimum atomic E-state index is -1.07. The van der Waals surface area contributed by atoms with Crippen molar-refractivity contribution < 1.29 is 33.1 Å². The van der Waals surface area contributed by atoms with E-state index in [0.29, 0.717) is 0 Å². The van der Waals surface area contributed by atoms with Crippen LogP contribution in [0.2, 0.25) is 0 Å². The number of carbonyl (C=O) groups is 5. The summed E-state index contributed by atoms with van der Waals surface area (Å²) in [6, 6.07) is 5.49. The van der Waals surface area contributed by atoms with Crippen molar-refractivity contribution in [3.8, 4) is 5.75 Å². The molecule has 1 unspecified atom stereocenters. The molecule has 2 N–H and O–H groups in total. The first kappa shape index (κ1) is 20.1. The van der Waals surface area contributed by atoms with Crippen molar-refractivity contribution in [2.45, 2.75) is 18.9 Å². The lowest BCUT2D eigenvalue weighted by molar-refractivity contribution is -0.136. The van der Waals surface area contributed by atoms with Gasteiger partial charge in [0.1, 0.15) is 11.8 Å². The molecule has 1 saturated heterocycles. The van der Waals surface area contributed by atoms with Crippen LogP contribution in [0.5, 0.6) is 5.75 Å². The highest BCUT2D eigenvalue weighted by Crippen LogP contribution is 2.29. The van der Waals surface area contributed by atoms with Crippen LogP contribution in [0.1, 0.15) is 33.6 Å². The number of carbonyl (C=O) groups excluding carboxylic acids is 5. The molecule has 1 aromatic heterocycles. The van der Waals surface area contributed by atoms with Gasteiger partial charge in [-0.1, -0.05) is 0 Å². The number of imide groups is 2. The monoisotopic (exact) mass is 426 g/mol. The van der Waals surface area contributed by atoms with Gasteiger partial charge in [0.25, 0.3) is 17.7 Å². The molecule has 5 amide bonds. The van der Waals surface area contributed by atoms with Crippen molar-refractivity contribution in [3.63, 3.8) is 0 Å². The third kappa shape index (κ3) is 3.97. The second kappa shape index (κ2) is 7.94. The van der Waals surface area contributed by atoms with Gasteiger partial charge in [-0.05, 0) is 36.8 Å². The van der Waals surface area contributed by atoms with E-state index in [1.807, 2.05) is 0 Å². The molecule has 3 heterocycles. The SMILES string of the molecule is O=C1CCC(N2C(=O)c3ccc(NC(=O)COc4ccc(F)nc4)cc3C2=O)C(=O)N1. The lowest BCUT2D eigenvalue weighted by Crippen LogP contribution is -2.54. The Morgan fingerprint density at radius 2 is 1.94 bits per heavy atom. The number of anilines is 1. The van der Waals surface area contributed by atoms with Gasteiger partial charge in [0, 0.05) is 12.1 Å². The maximum absolute atomic E-state index is 12.8. The second-order valence-electron chi connectivity index (χ2n) is 6.86. The van der Waals surface area contributed by atoms with Gasteiger partial charge < -0.3 is 10.1 Å². The smallest absolute Gasteiger partial charge is 0.262 e. The van der Waals surface area contributed by atoms with Crippen molar-refractivity contribution in [3.05, 3.63) is 53.6 Å². The Balaban J connectivity index is 1.44. The molecule has 10 nitrogen and oxygen atoms in total. The molecule has 1 fully saturated rings. The molecule has 0 spiro atoms. The van der Waals surface area contributed by atoms with Crippen molar-refractivity contribution in [2.24, 2.45) is 0 Å². The van der Waals surface area contributed by atoms with Gasteiger partial charge in [-0.25, -0.2) is 4.98 Å². The fourth-order valence-corrected chi connectivity index (χ4v) is 3.34. The van der Waals surface area contributed by atoms with E-state index in [-0.39, 0.29) is 42.0 Å². The van der Waals surface area contributed by atoms with Gasteiger partial charge in [0.2, 0.25) is 17.8 Å². The lowest BCUT2D eigenvalue weighted by atomic mass is 10.0. The second-order valence-corrected chi connectivity index (χ2v) is 6.86. The molecular formula is C20H15FN4O6. The zero-order chi connectivity index (χ0) is 22.1. The Morgan fingerprint density at radius 3 is 2.65 bits per heavy atom. The molecule has 1 atom stereocenters. The fraction of sp³-hybridized carbons (Fsp3) is 0.200. The molecule has 0 radical (unpaired) electrons. The fourth-order valence-electron chi connectivity index (χ4n) is 3.34. The number of aromatic nitrogens is 1. The minimum absolute atomic E-state index is 0.0225. The van der Waals surface area contributed by atoms with E-state index < -0.39 is 41.5 Å². The van der Waals surface area contributed by atoms with Crippen LogP contribution in [0.25, 0.3) is 0 Å². The summed E-state index contributed by atoms with van der Waals surface area (Å²) in [5.74, 6) is -3.51. The van der Waals surface area contributed by atoms with Crippen LogP contribution >= 0.6 is 0 Å². The third-order valence-corrected chi connectivity index (χ3v) is 4.79. The van der Waals surface area contributed by atoms with Crippen LogP contribution in [0.4, 0.5) is 10.1 Å². The quantitative estimate of drug-likeness (QED) is 0.529. The van der Waals surface area contributed by atoms with E-state index in [0.717, 1.165) is 17.2 Å². The number of hydrogen-bond donors (Lipinski definition) is 2. The molecule has 0 aliphatic carbocycles. The molecule has 0 saturated carbocycles. The van der Waals surface area contributed by atoms with E-state index in [1.54, 1.807) is 0 Å². The number of fused-ring (bicyclic) bond motifs is 1. The molecule has 11 heteroatoms. The third-order valence-electron chi connectivity index (χ3n) is 4.79. The molecule has 1 aromatic carbocycles. The highest BCUT2D eigenvalue weighted by molar-refractivity contribution is 6.23. The summed E-state index contributed by atoms with van der Waals surface area (Å²) in [5, 5.41) is 4.66. The predicted molar refractivity (Wildman–Crippen MR) is 101 cm³/mol. The zero-order valence-corrected chi connectivity index (χ0v) is 15.9. The van der Waals surface area contributed by atoms with Crippen LogP contribution in [-0.4, -0.2) is 52.1 Å². The summed E-state index contributed by atoms with van der Waals surface area (Å²) in [7, 11) is 0. The number of piperidine rings is 1. The van der Waals surface area contributed by atoms with Crippen LogP contribution in [0, 0.1) is 5.95 Å². The van der Waals surface area contributed by atoms with E-state index >= 15 is 0 Å². The van der Waals surface area contributed by atoms with Gasteiger partial charge in [0.05, 0.1) is 17.3 Å². The molecule has 31 heavy (non-hydrogen) atoms. The first-order chi connectivity index (χ1) is 14.8. The van der Waals surface area contributed by atoms with Gasteiger partial charge >= 0.3 is 0 Å². The number of hydrogen-bond acceptors (Lipinski definition) is 7. The summed E-state index contributed by atoms with van der Waals surface area (Å²) < 4.78 is 18.0. The van der Waals surface area contributed by atoms with E-state index in [9.17, 15) is 28.4 Å². The van der Waals surface area contributed by atoms with Crippen molar-refractivity contribution in [2.75, 3.05) is 11.9 Å². The molecule has 4 rings (SSSR count). The highest BCUT2D eigenvalue weighted by atomic mass is 19.1. The maximum Gasteiger partial charge on any atom is 0.262 e. The van der Waals surface area contributed by atoms with E-state index in [4.69, 9.17) is 4.74 Å². The number of amides is 5. The Labute approximate surface area is 174 Å². The summed E-state index contributed by atoms with van der Waals surface area (Å²) in [4.78, 5) is 65.2.